The van der Waals surface area contributed by atoms with Crippen molar-refractivity contribution in [2.45, 2.75) is 25.4 Å². The highest BCUT2D eigenvalue weighted by atomic mass is 16.2. The van der Waals surface area contributed by atoms with Crippen molar-refractivity contribution in [3.8, 4) is 0 Å². The fourth-order valence-corrected chi connectivity index (χ4v) is 3.51. The normalized spacial score (nSPS) is 14.2. The number of carbonyl (C=O) groups excluding carboxylic acids is 2. The fraction of sp³-hybridized carbons (Fsp3) is 0.227. The molecule has 1 aromatic heterocycles. The van der Waals surface area contributed by atoms with Crippen molar-refractivity contribution in [3.63, 3.8) is 0 Å². The number of nitrogens with one attached hydrogen (secondary N) is 2. The lowest BCUT2D eigenvalue weighted by Gasteiger charge is -2.30. The molecule has 0 radical (unpaired) electrons. The van der Waals surface area contributed by atoms with Gasteiger partial charge in [-0.1, -0.05) is 48.5 Å². The van der Waals surface area contributed by atoms with Crippen molar-refractivity contribution >= 4 is 11.8 Å². The van der Waals surface area contributed by atoms with Crippen molar-refractivity contribution in [1.29, 1.82) is 0 Å². The maximum Gasteiger partial charge on any atom is 0.251 e. The van der Waals surface area contributed by atoms with E-state index in [-0.39, 0.29) is 11.8 Å². The monoisotopic (exact) mass is 374 g/mol. The Balaban J connectivity index is 1.54. The molecular formula is C22H22N4O2. The highest BCUT2D eigenvalue weighted by Crippen LogP contribution is 2.18. The van der Waals surface area contributed by atoms with Crippen LogP contribution in [0.4, 0.5) is 0 Å². The van der Waals surface area contributed by atoms with Gasteiger partial charge in [-0.2, -0.15) is 5.10 Å². The minimum absolute atomic E-state index is 0.0695. The lowest BCUT2D eigenvalue weighted by molar-refractivity contribution is -0.134. The Labute approximate surface area is 163 Å². The van der Waals surface area contributed by atoms with E-state index in [9.17, 15) is 9.59 Å². The van der Waals surface area contributed by atoms with E-state index in [1.54, 1.807) is 23.2 Å². The Morgan fingerprint density at radius 3 is 2.54 bits per heavy atom. The summed E-state index contributed by atoms with van der Waals surface area (Å²) in [5.74, 6) is -0.309. The summed E-state index contributed by atoms with van der Waals surface area (Å²) in [6, 6.07) is 18.1. The molecule has 0 saturated heterocycles. The first-order chi connectivity index (χ1) is 13.7. The van der Waals surface area contributed by atoms with Crippen LogP contribution in [0.15, 0.2) is 66.9 Å². The molecule has 142 valence electrons. The minimum Gasteiger partial charge on any atom is -0.340 e. The number of nitrogens with zero attached hydrogens (tertiary/aromatic N) is 2. The zero-order chi connectivity index (χ0) is 19.3. The molecule has 1 unspecified atom stereocenters. The van der Waals surface area contributed by atoms with Crippen LogP contribution in [0.5, 0.6) is 0 Å². The molecule has 4 rings (SSSR count). The van der Waals surface area contributed by atoms with Gasteiger partial charge in [0.2, 0.25) is 5.91 Å². The summed E-state index contributed by atoms with van der Waals surface area (Å²) in [6.45, 7) is 1.12. The number of fused-ring (bicyclic) bond motifs is 1. The second kappa shape index (κ2) is 8.08. The Morgan fingerprint density at radius 2 is 1.79 bits per heavy atom. The number of benzene rings is 2. The smallest absolute Gasteiger partial charge is 0.251 e. The molecule has 0 saturated carbocycles. The average molecular weight is 374 g/mol. The van der Waals surface area contributed by atoms with Crippen LogP contribution in [-0.4, -0.2) is 39.5 Å². The summed E-state index contributed by atoms with van der Waals surface area (Å²) in [5, 5.41) is 9.99. The van der Waals surface area contributed by atoms with E-state index in [0.29, 0.717) is 25.1 Å². The molecule has 2 aromatic carbocycles. The van der Waals surface area contributed by atoms with Gasteiger partial charge in [0.1, 0.15) is 6.04 Å². The number of hydrogen-bond acceptors (Lipinski definition) is 3. The van der Waals surface area contributed by atoms with E-state index in [1.165, 1.54) is 0 Å². The second-order valence-electron chi connectivity index (χ2n) is 6.97. The lowest BCUT2D eigenvalue weighted by atomic mass is 10.0. The molecule has 0 spiro atoms. The molecular weight excluding hydrogens is 352 g/mol. The zero-order valence-corrected chi connectivity index (χ0v) is 15.5. The summed E-state index contributed by atoms with van der Waals surface area (Å²) in [7, 11) is 0. The molecule has 1 aliphatic heterocycles. The van der Waals surface area contributed by atoms with Crippen LogP contribution >= 0.6 is 0 Å². The van der Waals surface area contributed by atoms with Crippen molar-refractivity contribution in [2.24, 2.45) is 0 Å². The third-order valence-corrected chi connectivity index (χ3v) is 5.03. The van der Waals surface area contributed by atoms with Gasteiger partial charge in [0.15, 0.2) is 0 Å². The molecule has 6 heteroatoms. The van der Waals surface area contributed by atoms with Crippen LogP contribution in [0.2, 0.25) is 0 Å². The Morgan fingerprint density at radius 1 is 1.07 bits per heavy atom. The zero-order valence-electron chi connectivity index (χ0n) is 15.5. The number of aromatic nitrogens is 2. The third kappa shape index (κ3) is 3.96. The predicted molar refractivity (Wildman–Crippen MR) is 106 cm³/mol. The number of hydrogen-bond donors (Lipinski definition) is 2. The highest BCUT2D eigenvalue weighted by molar-refractivity contribution is 5.97. The van der Waals surface area contributed by atoms with Gasteiger partial charge in [-0.25, -0.2) is 0 Å². The van der Waals surface area contributed by atoms with Crippen LogP contribution in [0.1, 0.15) is 27.2 Å². The van der Waals surface area contributed by atoms with Crippen molar-refractivity contribution in [1.82, 2.24) is 20.4 Å². The maximum absolute atomic E-state index is 13.3. The summed E-state index contributed by atoms with van der Waals surface area (Å²) in [5.41, 5.74) is 3.67. The molecule has 2 heterocycles. The minimum atomic E-state index is -0.622. The van der Waals surface area contributed by atoms with E-state index >= 15 is 0 Å². The number of carbonyl (C=O) groups is 2. The van der Waals surface area contributed by atoms with E-state index < -0.39 is 6.04 Å². The van der Waals surface area contributed by atoms with E-state index in [1.807, 2.05) is 48.5 Å². The van der Waals surface area contributed by atoms with Gasteiger partial charge < -0.3 is 10.2 Å². The van der Waals surface area contributed by atoms with Crippen molar-refractivity contribution in [2.75, 3.05) is 6.54 Å². The summed E-state index contributed by atoms with van der Waals surface area (Å²) < 4.78 is 0. The molecule has 1 aliphatic rings. The van der Waals surface area contributed by atoms with Gasteiger partial charge in [0, 0.05) is 42.8 Å². The standard InChI is InChI=1S/C22H22N4O2/c27-21(17-9-5-2-6-10-17)24-20(13-16-7-3-1-4-8-16)22(28)26-12-11-19-18(15-26)14-23-25-19/h1-10,14,20H,11-13,15H2,(H,23,25)(H,24,27). The van der Waals surface area contributed by atoms with Crippen LogP contribution in [0, 0.1) is 0 Å². The number of amides is 2. The molecule has 0 bridgehead atoms. The Bertz CT molecular complexity index is 953. The van der Waals surface area contributed by atoms with E-state index in [2.05, 4.69) is 15.5 Å². The van der Waals surface area contributed by atoms with E-state index in [4.69, 9.17) is 0 Å². The quantitative estimate of drug-likeness (QED) is 0.720. The molecule has 1 atom stereocenters. The van der Waals surface area contributed by atoms with Gasteiger partial charge in [0.05, 0.1) is 6.20 Å². The van der Waals surface area contributed by atoms with Crippen LogP contribution in [0.3, 0.4) is 0 Å². The predicted octanol–water partition coefficient (Wildman–Crippen LogP) is 2.34. The molecule has 2 N–H and O–H groups in total. The highest BCUT2D eigenvalue weighted by Gasteiger charge is 2.29. The summed E-state index contributed by atoms with van der Waals surface area (Å²) in [4.78, 5) is 27.8. The summed E-state index contributed by atoms with van der Waals surface area (Å²) in [6.07, 6.45) is 2.96. The first-order valence-corrected chi connectivity index (χ1v) is 9.40. The van der Waals surface area contributed by atoms with Gasteiger partial charge in [-0.05, 0) is 17.7 Å². The fourth-order valence-electron chi connectivity index (χ4n) is 3.51. The van der Waals surface area contributed by atoms with E-state index in [0.717, 1.165) is 23.2 Å². The molecule has 0 aliphatic carbocycles. The largest absolute Gasteiger partial charge is 0.340 e. The molecule has 28 heavy (non-hydrogen) atoms. The summed E-state index contributed by atoms with van der Waals surface area (Å²) >= 11 is 0. The average Bonchev–Trinajstić information content (AvgIpc) is 3.22. The van der Waals surface area contributed by atoms with Crippen LogP contribution in [0.25, 0.3) is 0 Å². The Kier molecular flexibility index (Phi) is 5.19. The third-order valence-electron chi connectivity index (χ3n) is 5.03. The number of rotatable bonds is 5. The molecule has 0 fully saturated rings. The maximum atomic E-state index is 13.3. The SMILES string of the molecule is O=C(NC(Cc1ccccc1)C(=O)N1CCc2[nH]ncc2C1)c1ccccc1. The lowest BCUT2D eigenvalue weighted by Crippen LogP contribution is -2.50. The molecule has 2 amide bonds. The van der Waals surface area contributed by atoms with Crippen molar-refractivity contribution in [3.05, 3.63) is 89.2 Å². The van der Waals surface area contributed by atoms with Crippen LogP contribution in [-0.2, 0) is 24.2 Å². The van der Waals surface area contributed by atoms with Gasteiger partial charge in [-0.15, -0.1) is 0 Å². The topological polar surface area (TPSA) is 78.1 Å². The number of aromatic amines is 1. The first kappa shape index (κ1) is 18.0. The molecule has 6 nitrogen and oxygen atoms in total. The van der Waals surface area contributed by atoms with Crippen molar-refractivity contribution < 1.29 is 9.59 Å². The number of H-pyrrole nitrogens is 1. The Hall–Kier alpha value is -3.41. The van der Waals surface area contributed by atoms with Gasteiger partial charge in [0.25, 0.3) is 5.91 Å². The molecule has 3 aromatic rings. The van der Waals surface area contributed by atoms with Gasteiger partial charge in [-0.3, -0.25) is 14.7 Å². The second-order valence-corrected chi connectivity index (χ2v) is 6.97. The van der Waals surface area contributed by atoms with Crippen LogP contribution < -0.4 is 5.32 Å². The first-order valence-electron chi connectivity index (χ1n) is 9.40. The van der Waals surface area contributed by atoms with Gasteiger partial charge >= 0.3 is 0 Å².